The van der Waals surface area contributed by atoms with Gasteiger partial charge in [0.05, 0.1) is 0 Å². The highest BCUT2D eigenvalue weighted by atomic mass is 32.1. The second-order valence-electron chi connectivity index (χ2n) is 4.26. The molecule has 0 aliphatic carbocycles. The van der Waals surface area contributed by atoms with Crippen LogP contribution in [0.15, 0.2) is 0 Å². The van der Waals surface area contributed by atoms with Crippen molar-refractivity contribution in [3.8, 4) is 0 Å². The zero-order valence-corrected chi connectivity index (χ0v) is 11.3. The molecule has 0 radical (unpaired) electrons. The summed E-state index contributed by atoms with van der Waals surface area (Å²) in [6.07, 6.45) is 2.38. The Bertz CT molecular complexity index is 273. The van der Waals surface area contributed by atoms with Gasteiger partial charge in [-0.3, -0.25) is 4.79 Å². The molecule has 0 bridgehead atoms. The fourth-order valence-corrected chi connectivity index (χ4v) is 2.05. The van der Waals surface area contributed by atoms with E-state index in [2.05, 4.69) is 10.6 Å². The normalized spacial score (nSPS) is 20.2. The van der Waals surface area contributed by atoms with Crippen molar-refractivity contribution in [2.45, 2.75) is 25.3 Å². The third kappa shape index (κ3) is 5.32. The highest BCUT2D eigenvalue weighted by molar-refractivity contribution is 7.80. The van der Waals surface area contributed by atoms with Gasteiger partial charge in [-0.1, -0.05) is 0 Å². The molecule has 98 valence electrons. The van der Waals surface area contributed by atoms with E-state index >= 15 is 0 Å². The lowest BCUT2D eigenvalue weighted by Crippen LogP contribution is -2.51. The van der Waals surface area contributed by atoms with Crippen LogP contribution in [0, 0.1) is 0 Å². The summed E-state index contributed by atoms with van der Waals surface area (Å²) < 4.78 is 4.95. The number of carbonyl (C=O) groups excluding carboxylic acids is 1. The number of nitrogens with one attached hydrogen (secondary N) is 2. The van der Waals surface area contributed by atoms with E-state index in [1.807, 2.05) is 7.05 Å². The Labute approximate surface area is 108 Å². The Morgan fingerprint density at radius 2 is 2.41 bits per heavy atom. The van der Waals surface area contributed by atoms with Gasteiger partial charge in [0, 0.05) is 46.3 Å². The minimum absolute atomic E-state index is 0.210. The molecule has 2 N–H and O–H groups in total. The fourth-order valence-electron chi connectivity index (χ4n) is 1.78. The number of nitrogens with zero attached hydrogens (tertiary/aromatic N) is 1. The summed E-state index contributed by atoms with van der Waals surface area (Å²) in [6, 6.07) is 0.264. The number of hydrogen-bond donors (Lipinski definition) is 2. The lowest BCUT2D eigenvalue weighted by atomic mass is 10.1. The first kappa shape index (κ1) is 14.2. The average Bonchev–Trinajstić information content (AvgIpc) is 2.30. The van der Waals surface area contributed by atoms with E-state index in [-0.39, 0.29) is 11.9 Å². The molecule has 1 rings (SSSR count). The molecular weight excluding hydrogens is 238 g/mol. The average molecular weight is 259 g/mol. The van der Waals surface area contributed by atoms with Crippen molar-refractivity contribution < 1.29 is 9.53 Å². The summed E-state index contributed by atoms with van der Waals surface area (Å²) in [4.78, 5) is 13.0. The van der Waals surface area contributed by atoms with Gasteiger partial charge in [-0.2, -0.15) is 0 Å². The Hall–Kier alpha value is -0.880. The van der Waals surface area contributed by atoms with Gasteiger partial charge < -0.3 is 20.3 Å². The largest absolute Gasteiger partial charge is 0.385 e. The molecule has 1 amide bonds. The smallest absolute Gasteiger partial charge is 0.222 e. The molecule has 6 heteroatoms. The maximum Gasteiger partial charge on any atom is 0.222 e. The number of thiocarbonyl (C=S) groups is 1. The Kier molecular flexibility index (Phi) is 6.21. The van der Waals surface area contributed by atoms with Crippen LogP contribution in [0.5, 0.6) is 0 Å². The number of carbonyl (C=O) groups is 1. The molecule has 1 fully saturated rings. The monoisotopic (exact) mass is 259 g/mol. The number of piperidine rings is 1. The second-order valence-corrected chi connectivity index (χ2v) is 4.66. The molecule has 1 saturated heterocycles. The van der Waals surface area contributed by atoms with Crippen molar-refractivity contribution >= 4 is 23.2 Å². The zero-order chi connectivity index (χ0) is 12.7. The Morgan fingerprint density at radius 3 is 3.06 bits per heavy atom. The van der Waals surface area contributed by atoms with Crippen LogP contribution in [0.2, 0.25) is 0 Å². The molecule has 17 heavy (non-hydrogen) atoms. The van der Waals surface area contributed by atoms with Crippen molar-refractivity contribution in [2.75, 3.05) is 33.9 Å². The SMILES string of the molecule is COCCCNC(=S)NC1CCC(=O)N(C)C1. The standard InChI is InChI=1S/C11H21N3O2S/c1-14-8-9(4-5-10(14)15)13-11(17)12-6-3-7-16-2/h9H,3-8H2,1-2H3,(H2,12,13,17). The molecule has 0 spiro atoms. The van der Waals surface area contributed by atoms with Crippen molar-refractivity contribution in [1.29, 1.82) is 0 Å². The number of methoxy groups -OCH3 is 1. The minimum Gasteiger partial charge on any atom is -0.385 e. The molecule has 1 heterocycles. The van der Waals surface area contributed by atoms with Crippen LogP contribution >= 0.6 is 12.2 Å². The van der Waals surface area contributed by atoms with Gasteiger partial charge in [0.25, 0.3) is 0 Å². The van der Waals surface area contributed by atoms with Gasteiger partial charge in [0.15, 0.2) is 5.11 Å². The molecule has 1 aliphatic rings. The number of hydrogen-bond acceptors (Lipinski definition) is 3. The van der Waals surface area contributed by atoms with Gasteiger partial charge in [-0.15, -0.1) is 0 Å². The topological polar surface area (TPSA) is 53.6 Å². The summed E-state index contributed by atoms with van der Waals surface area (Å²) in [5.41, 5.74) is 0. The first-order valence-electron chi connectivity index (χ1n) is 5.90. The minimum atomic E-state index is 0.210. The van der Waals surface area contributed by atoms with E-state index in [9.17, 15) is 4.79 Å². The van der Waals surface area contributed by atoms with Crippen molar-refractivity contribution in [1.82, 2.24) is 15.5 Å². The van der Waals surface area contributed by atoms with Crippen LogP contribution in [0.4, 0.5) is 0 Å². The first-order chi connectivity index (χ1) is 8.13. The summed E-state index contributed by atoms with van der Waals surface area (Å²) in [5.74, 6) is 0.210. The van der Waals surface area contributed by atoms with E-state index in [0.29, 0.717) is 11.5 Å². The van der Waals surface area contributed by atoms with Crippen LogP contribution in [0.1, 0.15) is 19.3 Å². The quantitative estimate of drug-likeness (QED) is 0.542. The molecule has 5 nitrogen and oxygen atoms in total. The van der Waals surface area contributed by atoms with E-state index in [4.69, 9.17) is 17.0 Å². The zero-order valence-electron chi connectivity index (χ0n) is 10.5. The Morgan fingerprint density at radius 1 is 1.65 bits per heavy atom. The fraction of sp³-hybridized carbons (Fsp3) is 0.818. The van der Waals surface area contributed by atoms with Crippen molar-refractivity contribution in [3.63, 3.8) is 0 Å². The van der Waals surface area contributed by atoms with Gasteiger partial charge in [0.2, 0.25) is 5.91 Å². The van der Waals surface area contributed by atoms with Crippen LogP contribution in [-0.2, 0) is 9.53 Å². The molecule has 0 aromatic rings. The summed E-state index contributed by atoms with van der Waals surface area (Å²) >= 11 is 5.19. The molecule has 1 atom stereocenters. The molecular formula is C11H21N3O2S. The molecule has 1 unspecified atom stereocenters. The Balaban J connectivity index is 2.16. The number of ether oxygens (including phenoxy) is 1. The summed E-state index contributed by atoms with van der Waals surface area (Å²) in [6.45, 7) is 2.26. The van der Waals surface area contributed by atoms with Gasteiger partial charge in [0.1, 0.15) is 0 Å². The van der Waals surface area contributed by atoms with Crippen molar-refractivity contribution in [2.24, 2.45) is 0 Å². The van der Waals surface area contributed by atoms with Crippen LogP contribution in [0.25, 0.3) is 0 Å². The number of rotatable bonds is 5. The summed E-state index contributed by atoms with van der Waals surface area (Å²) in [5, 5.41) is 7.02. The van der Waals surface area contributed by atoms with Gasteiger partial charge in [-0.25, -0.2) is 0 Å². The second kappa shape index (κ2) is 7.45. The number of likely N-dealkylation sites (N-methyl/N-ethyl adjacent to an activating group) is 1. The number of amides is 1. The highest BCUT2D eigenvalue weighted by Crippen LogP contribution is 2.09. The predicted molar refractivity (Wildman–Crippen MR) is 70.9 cm³/mol. The van der Waals surface area contributed by atoms with Crippen LogP contribution < -0.4 is 10.6 Å². The van der Waals surface area contributed by atoms with E-state index in [1.165, 1.54) is 0 Å². The lowest BCUT2D eigenvalue weighted by Gasteiger charge is -2.30. The maximum atomic E-state index is 11.3. The number of likely N-dealkylation sites (tertiary alicyclic amines) is 1. The molecule has 0 aromatic heterocycles. The first-order valence-corrected chi connectivity index (χ1v) is 6.31. The third-order valence-corrected chi connectivity index (χ3v) is 3.03. The van der Waals surface area contributed by atoms with E-state index in [1.54, 1.807) is 12.0 Å². The molecule has 0 saturated carbocycles. The van der Waals surface area contributed by atoms with Crippen molar-refractivity contribution in [3.05, 3.63) is 0 Å². The van der Waals surface area contributed by atoms with E-state index < -0.39 is 0 Å². The summed E-state index contributed by atoms with van der Waals surface area (Å²) in [7, 11) is 3.51. The van der Waals surface area contributed by atoms with E-state index in [0.717, 1.165) is 32.5 Å². The molecule has 1 aliphatic heterocycles. The van der Waals surface area contributed by atoms with Crippen LogP contribution in [0.3, 0.4) is 0 Å². The van der Waals surface area contributed by atoms with Crippen LogP contribution in [-0.4, -0.2) is 55.8 Å². The highest BCUT2D eigenvalue weighted by Gasteiger charge is 2.22. The predicted octanol–water partition coefficient (Wildman–Crippen LogP) is 0.108. The lowest BCUT2D eigenvalue weighted by molar-refractivity contribution is -0.132. The molecule has 0 aromatic carbocycles. The van der Waals surface area contributed by atoms with Gasteiger partial charge >= 0.3 is 0 Å². The third-order valence-electron chi connectivity index (χ3n) is 2.77. The maximum absolute atomic E-state index is 11.3. The van der Waals surface area contributed by atoms with Gasteiger partial charge in [-0.05, 0) is 25.1 Å².